The van der Waals surface area contributed by atoms with Crippen LogP contribution < -0.4 is 0 Å². The molecule has 1 aliphatic heterocycles. The Kier molecular flexibility index (Phi) is 5.81. The van der Waals surface area contributed by atoms with Gasteiger partial charge in [-0.15, -0.1) is 21.5 Å². The van der Waals surface area contributed by atoms with Crippen LogP contribution in [0.2, 0.25) is 0 Å². The van der Waals surface area contributed by atoms with E-state index >= 15 is 0 Å². The lowest BCUT2D eigenvalue weighted by Crippen LogP contribution is -2.27. The zero-order chi connectivity index (χ0) is 24.2. The molecule has 4 heterocycles. The monoisotopic (exact) mass is 506 g/mol. The fraction of sp³-hybridized carbons (Fsp3) is 0.462. The first-order valence-corrected chi connectivity index (χ1v) is 13.9. The minimum absolute atomic E-state index is 0.373. The van der Waals surface area contributed by atoms with Crippen molar-refractivity contribution < 1.29 is 4.42 Å². The Morgan fingerprint density at radius 2 is 1.97 bits per heavy atom. The number of likely N-dealkylation sites (tertiary alicyclic amines) is 1. The van der Waals surface area contributed by atoms with Crippen molar-refractivity contribution in [2.75, 3.05) is 25.4 Å². The van der Waals surface area contributed by atoms with Gasteiger partial charge >= 0.3 is 0 Å². The molecule has 1 aliphatic carbocycles. The number of oxazole rings is 1. The van der Waals surface area contributed by atoms with Gasteiger partial charge in [0.25, 0.3) is 0 Å². The normalized spacial score (nSPS) is 21.5. The zero-order valence-corrected chi connectivity index (χ0v) is 22.2. The van der Waals surface area contributed by atoms with Crippen molar-refractivity contribution in [2.45, 2.75) is 44.2 Å². The summed E-state index contributed by atoms with van der Waals surface area (Å²) >= 11 is 3.55. The number of rotatable bonds is 8. The first-order chi connectivity index (χ1) is 16.9. The topological polar surface area (TPSA) is 72.9 Å². The molecule has 9 heteroatoms. The van der Waals surface area contributed by atoms with Crippen LogP contribution in [0.5, 0.6) is 0 Å². The molecule has 1 saturated carbocycles. The number of aromatic nitrogens is 5. The van der Waals surface area contributed by atoms with Gasteiger partial charge < -0.3 is 13.9 Å². The third-order valence-electron chi connectivity index (χ3n) is 7.48. The molecule has 2 atom stereocenters. The number of nitrogens with zero attached hydrogens (tertiary/aromatic N) is 6. The molecule has 1 unspecified atom stereocenters. The third-order valence-corrected chi connectivity index (χ3v) is 9.70. The molecule has 2 fully saturated rings. The standard InChI is InChI=1S/C26H30N6OS2/c1-16-22(33-15-27-16)24-29-30-25(31(24)4)34-11-5-10-32-13-21-12-26(21,14-32)20-8-6-19(7-9-20)23-17(2)28-18(3)35-23/h6-9,15,21H,5,10-14H2,1-4H3/t21-,26?/m1/s1. The number of fused-ring (bicyclic) bond motifs is 1. The second-order valence-corrected chi connectivity index (χ2v) is 12.1. The number of thioether (sulfide) groups is 1. The van der Waals surface area contributed by atoms with E-state index in [4.69, 9.17) is 4.42 Å². The van der Waals surface area contributed by atoms with Crippen LogP contribution in [0.1, 0.15) is 34.8 Å². The summed E-state index contributed by atoms with van der Waals surface area (Å²) in [7, 11) is 1.99. The van der Waals surface area contributed by atoms with Crippen molar-refractivity contribution in [3.8, 4) is 22.0 Å². The average Bonchev–Trinajstić information content (AvgIpc) is 3.25. The predicted molar refractivity (Wildman–Crippen MR) is 140 cm³/mol. The minimum Gasteiger partial charge on any atom is -0.440 e. The van der Waals surface area contributed by atoms with E-state index in [0.717, 1.165) is 52.0 Å². The van der Waals surface area contributed by atoms with Crippen LogP contribution >= 0.6 is 23.1 Å². The van der Waals surface area contributed by atoms with Crippen LogP contribution in [0.4, 0.5) is 0 Å². The van der Waals surface area contributed by atoms with Crippen LogP contribution in [0.15, 0.2) is 40.2 Å². The van der Waals surface area contributed by atoms with Gasteiger partial charge in [0.1, 0.15) is 0 Å². The van der Waals surface area contributed by atoms with Crippen LogP contribution in [0.3, 0.4) is 0 Å². The lowest BCUT2D eigenvalue weighted by Gasteiger charge is -2.21. The Bertz CT molecular complexity index is 1360. The smallest absolute Gasteiger partial charge is 0.202 e. The van der Waals surface area contributed by atoms with Gasteiger partial charge in [0.05, 0.1) is 21.3 Å². The van der Waals surface area contributed by atoms with E-state index in [1.165, 1.54) is 41.9 Å². The van der Waals surface area contributed by atoms with Crippen LogP contribution in [-0.4, -0.2) is 55.0 Å². The lowest BCUT2D eigenvalue weighted by atomic mass is 9.94. The Morgan fingerprint density at radius 3 is 2.69 bits per heavy atom. The highest BCUT2D eigenvalue weighted by atomic mass is 32.2. The molecule has 2 aliphatic rings. The number of aryl methyl sites for hydroxylation is 3. The van der Waals surface area contributed by atoms with E-state index in [0.29, 0.717) is 11.2 Å². The van der Waals surface area contributed by atoms with E-state index in [9.17, 15) is 0 Å². The van der Waals surface area contributed by atoms with Gasteiger partial charge in [-0.05, 0) is 57.2 Å². The molecule has 0 bridgehead atoms. The van der Waals surface area contributed by atoms with Gasteiger partial charge in [-0.3, -0.25) is 0 Å². The molecule has 6 rings (SSSR count). The van der Waals surface area contributed by atoms with E-state index in [1.54, 1.807) is 23.1 Å². The number of benzene rings is 1. The summed E-state index contributed by atoms with van der Waals surface area (Å²) in [6.45, 7) is 9.65. The van der Waals surface area contributed by atoms with Crippen molar-refractivity contribution in [3.05, 3.63) is 52.6 Å². The largest absolute Gasteiger partial charge is 0.440 e. The molecule has 1 saturated heterocycles. The molecule has 1 aromatic carbocycles. The van der Waals surface area contributed by atoms with E-state index in [2.05, 4.69) is 63.2 Å². The van der Waals surface area contributed by atoms with Crippen LogP contribution in [0, 0.1) is 26.7 Å². The molecule has 182 valence electrons. The summed E-state index contributed by atoms with van der Waals surface area (Å²) in [6, 6.07) is 9.33. The summed E-state index contributed by atoms with van der Waals surface area (Å²) in [5.41, 5.74) is 5.15. The van der Waals surface area contributed by atoms with Gasteiger partial charge in [0.15, 0.2) is 17.3 Å². The van der Waals surface area contributed by atoms with Gasteiger partial charge in [-0.2, -0.15) is 0 Å². The maximum Gasteiger partial charge on any atom is 0.202 e. The Labute approximate surface area is 214 Å². The fourth-order valence-electron chi connectivity index (χ4n) is 5.56. The SMILES string of the molecule is Cc1nc(C)c(-c2ccc(C34C[C@@H]3CN(CCCSc3nnc(-c5ocnc5C)n3C)C4)cc2)s1. The molecule has 4 aromatic rings. The van der Waals surface area contributed by atoms with Crippen molar-refractivity contribution in [1.82, 2.24) is 29.6 Å². The fourth-order valence-corrected chi connectivity index (χ4v) is 7.32. The predicted octanol–water partition coefficient (Wildman–Crippen LogP) is 5.27. The van der Waals surface area contributed by atoms with Gasteiger partial charge in [-0.1, -0.05) is 36.0 Å². The quantitative estimate of drug-likeness (QED) is 0.238. The Balaban J connectivity index is 1.02. The lowest BCUT2D eigenvalue weighted by molar-refractivity contribution is 0.299. The summed E-state index contributed by atoms with van der Waals surface area (Å²) in [4.78, 5) is 12.7. The van der Waals surface area contributed by atoms with Gasteiger partial charge in [0.2, 0.25) is 5.82 Å². The van der Waals surface area contributed by atoms with Crippen molar-refractivity contribution in [2.24, 2.45) is 13.0 Å². The molecule has 0 spiro atoms. The summed E-state index contributed by atoms with van der Waals surface area (Å²) in [6.07, 6.45) is 3.93. The average molecular weight is 507 g/mol. The summed E-state index contributed by atoms with van der Waals surface area (Å²) in [5, 5.41) is 10.7. The first kappa shape index (κ1) is 22.9. The highest BCUT2D eigenvalue weighted by Crippen LogP contribution is 2.59. The molecule has 0 N–H and O–H groups in total. The maximum atomic E-state index is 5.48. The number of piperidine rings is 1. The van der Waals surface area contributed by atoms with Crippen molar-refractivity contribution in [3.63, 3.8) is 0 Å². The molecule has 3 aromatic heterocycles. The Morgan fingerprint density at radius 1 is 1.14 bits per heavy atom. The molecule has 7 nitrogen and oxygen atoms in total. The maximum absolute atomic E-state index is 5.48. The third kappa shape index (κ3) is 4.13. The second kappa shape index (κ2) is 8.87. The molecule has 0 amide bonds. The summed E-state index contributed by atoms with van der Waals surface area (Å²) < 4.78 is 7.48. The van der Waals surface area contributed by atoms with Crippen molar-refractivity contribution >= 4 is 23.1 Å². The van der Waals surface area contributed by atoms with E-state index in [1.807, 2.05) is 18.5 Å². The highest BCUT2D eigenvalue weighted by Gasteiger charge is 2.60. The molecular formula is C26H30N6OS2. The highest BCUT2D eigenvalue weighted by molar-refractivity contribution is 7.99. The van der Waals surface area contributed by atoms with E-state index < -0.39 is 0 Å². The van der Waals surface area contributed by atoms with Gasteiger partial charge in [0, 0.05) is 31.3 Å². The van der Waals surface area contributed by atoms with Crippen molar-refractivity contribution in [1.29, 1.82) is 0 Å². The summed E-state index contributed by atoms with van der Waals surface area (Å²) in [5.74, 6) is 3.26. The number of thiazole rings is 1. The number of hydrogen-bond acceptors (Lipinski definition) is 8. The van der Waals surface area contributed by atoms with E-state index in [-0.39, 0.29) is 0 Å². The molecule has 35 heavy (non-hydrogen) atoms. The van der Waals surface area contributed by atoms with Crippen LogP contribution in [0.25, 0.3) is 22.0 Å². The van der Waals surface area contributed by atoms with Crippen LogP contribution in [-0.2, 0) is 12.5 Å². The Hall–Kier alpha value is -2.49. The minimum atomic E-state index is 0.373. The van der Waals surface area contributed by atoms with Gasteiger partial charge in [-0.25, -0.2) is 9.97 Å². The zero-order valence-electron chi connectivity index (χ0n) is 20.6. The number of hydrogen-bond donors (Lipinski definition) is 0. The second-order valence-electron chi connectivity index (χ2n) is 9.85. The molecule has 0 radical (unpaired) electrons. The molecular weight excluding hydrogens is 476 g/mol. The first-order valence-electron chi connectivity index (χ1n) is 12.1.